The molecule has 24 heavy (non-hydrogen) atoms. The molecule has 1 fully saturated rings. The van der Waals surface area contributed by atoms with Crippen LogP contribution in [0.1, 0.15) is 0 Å². The Bertz CT molecular complexity index is 583. The molecular formula is C15H21ClF2N4O2. The van der Waals surface area contributed by atoms with E-state index < -0.39 is 17.5 Å². The van der Waals surface area contributed by atoms with Gasteiger partial charge in [-0.1, -0.05) is 0 Å². The van der Waals surface area contributed by atoms with Gasteiger partial charge < -0.3 is 15.5 Å². The molecule has 1 aliphatic heterocycles. The first kappa shape index (κ1) is 20.3. The van der Waals surface area contributed by atoms with Gasteiger partial charge in [0.1, 0.15) is 11.6 Å². The Kier molecular flexibility index (Phi) is 8.03. The number of benzene rings is 1. The standard InChI is InChI=1S/C15H20F2N4O2.ClH/c1-20(10-15(23)21-6-4-18-5-7-21)9-14(22)19-13-8-11(16)2-3-12(13)17;/h2-3,8,18H,4-7,9-10H2,1H3,(H,19,22);1H. The molecule has 1 aromatic carbocycles. The van der Waals surface area contributed by atoms with E-state index in [2.05, 4.69) is 10.6 Å². The van der Waals surface area contributed by atoms with E-state index in [1.54, 1.807) is 11.9 Å². The topological polar surface area (TPSA) is 64.7 Å². The molecule has 134 valence electrons. The quantitative estimate of drug-likeness (QED) is 0.809. The number of rotatable bonds is 5. The molecule has 6 nitrogen and oxygen atoms in total. The summed E-state index contributed by atoms with van der Waals surface area (Å²) in [6.45, 7) is 2.82. The van der Waals surface area contributed by atoms with Crippen molar-refractivity contribution >= 4 is 29.9 Å². The number of hydrogen-bond donors (Lipinski definition) is 2. The average Bonchev–Trinajstić information content (AvgIpc) is 2.51. The van der Waals surface area contributed by atoms with Crippen molar-refractivity contribution in [2.24, 2.45) is 0 Å². The van der Waals surface area contributed by atoms with Crippen molar-refractivity contribution in [2.75, 3.05) is 51.6 Å². The lowest BCUT2D eigenvalue weighted by atomic mass is 10.3. The van der Waals surface area contributed by atoms with E-state index in [-0.39, 0.29) is 37.1 Å². The minimum absolute atomic E-state index is 0. The van der Waals surface area contributed by atoms with Gasteiger partial charge in [-0.3, -0.25) is 14.5 Å². The van der Waals surface area contributed by atoms with E-state index in [4.69, 9.17) is 0 Å². The Balaban J connectivity index is 0.00000288. The second-order valence-corrected chi connectivity index (χ2v) is 5.48. The van der Waals surface area contributed by atoms with Crippen LogP contribution < -0.4 is 10.6 Å². The fraction of sp³-hybridized carbons (Fsp3) is 0.467. The van der Waals surface area contributed by atoms with Crippen molar-refractivity contribution in [3.8, 4) is 0 Å². The highest BCUT2D eigenvalue weighted by molar-refractivity contribution is 5.92. The third-order valence-electron chi connectivity index (χ3n) is 3.49. The molecule has 1 saturated heterocycles. The largest absolute Gasteiger partial charge is 0.339 e. The summed E-state index contributed by atoms with van der Waals surface area (Å²) < 4.78 is 26.5. The van der Waals surface area contributed by atoms with Crippen LogP contribution in [-0.4, -0.2) is 67.9 Å². The number of piperazine rings is 1. The first-order valence-electron chi connectivity index (χ1n) is 7.37. The van der Waals surface area contributed by atoms with Gasteiger partial charge in [0, 0.05) is 32.2 Å². The lowest BCUT2D eigenvalue weighted by Crippen LogP contribution is -2.49. The van der Waals surface area contributed by atoms with Crippen molar-refractivity contribution in [2.45, 2.75) is 0 Å². The van der Waals surface area contributed by atoms with Gasteiger partial charge in [-0.25, -0.2) is 8.78 Å². The van der Waals surface area contributed by atoms with E-state index in [0.29, 0.717) is 13.1 Å². The van der Waals surface area contributed by atoms with Gasteiger partial charge in [-0.15, -0.1) is 12.4 Å². The fourth-order valence-corrected chi connectivity index (χ4v) is 2.33. The smallest absolute Gasteiger partial charge is 0.238 e. The Labute approximate surface area is 145 Å². The van der Waals surface area contributed by atoms with E-state index in [1.165, 1.54) is 4.90 Å². The van der Waals surface area contributed by atoms with Crippen LogP contribution in [0.2, 0.25) is 0 Å². The second kappa shape index (κ2) is 9.51. The maximum atomic E-state index is 13.5. The zero-order chi connectivity index (χ0) is 16.8. The number of carbonyl (C=O) groups is 2. The predicted octanol–water partition coefficient (Wildman–Crippen LogP) is 0.689. The van der Waals surface area contributed by atoms with Crippen LogP contribution in [0.15, 0.2) is 18.2 Å². The lowest BCUT2D eigenvalue weighted by molar-refractivity contribution is -0.133. The average molecular weight is 363 g/mol. The van der Waals surface area contributed by atoms with Crippen LogP contribution in [0, 0.1) is 11.6 Å². The predicted molar refractivity (Wildman–Crippen MR) is 89.2 cm³/mol. The molecule has 0 saturated carbocycles. The minimum atomic E-state index is -0.709. The van der Waals surface area contributed by atoms with E-state index in [1.807, 2.05) is 0 Å². The number of nitrogens with zero attached hydrogens (tertiary/aromatic N) is 2. The molecule has 0 aliphatic carbocycles. The normalized spacial score (nSPS) is 14.2. The summed E-state index contributed by atoms with van der Waals surface area (Å²) in [7, 11) is 1.63. The Morgan fingerprint density at radius 2 is 1.92 bits per heavy atom. The summed E-state index contributed by atoms with van der Waals surface area (Å²) in [4.78, 5) is 27.2. The monoisotopic (exact) mass is 362 g/mol. The van der Waals surface area contributed by atoms with E-state index in [0.717, 1.165) is 31.3 Å². The number of halogens is 3. The summed E-state index contributed by atoms with van der Waals surface area (Å²) in [5.74, 6) is -1.91. The summed E-state index contributed by atoms with van der Waals surface area (Å²) in [6.07, 6.45) is 0. The number of hydrogen-bond acceptors (Lipinski definition) is 4. The Morgan fingerprint density at radius 3 is 2.58 bits per heavy atom. The molecule has 1 heterocycles. The van der Waals surface area contributed by atoms with Gasteiger partial charge in [0.05, 0.1) is 18.8 Å². The zero-order valence-electron chi connectivity index (χ0n) is 13.3. The third-order valence-corrected chi connectivity index (χ3v) is 3.49. The first-order valence-corrected chi connectivity index (χ1v) is 7.37. The number of carbonyl (C=O) groups excluding carboxylic acids is 2. The highest BCUT2D eigenvalue weighted by Crippen LogP contribution is 2.15. The van der Waals surface area contributed by atoms with Crippen molar-refractivity contribution in [3.05, 3.63) is 29.8 Å². The van der Waals surface area contributed by atoms with Crippen LogP contribution in [0.4, 0.5) is 14.5 Å². The molecule has 2 N–H and O–H groups in total. The van der Waals surface area contributed by atoms with Crippen LogP contribution in [-0.2, 0) is 9.59 Å². The van der Waals surface area contributed by atoms with Gasteiger partial charge in [-0.2, -0.15) is 0 Å². The lowest BCUT2D eigenvalue weighted by Gasteiger charge is -2.29. The summed E-state index contributed by atoms with van der Waals surface area (Å²) >= 11 is 0. The van der Waals surface area contributed by atoms with Crippen molar-refractivity contribution in [1.82, 2.24) is 15.1 Å². The van der Waals surface area contributed by atoms with Crippen molar-refractivity contribution in [1.29, 1.82) is 0 Å². The molecular weight excluding hydrogens is 342 g/mol. The van der Waals surface area contributed by atoms with Gasteiger partial charge in [0.15, 0.2) is 0 Å². The van der Waals surface area contributed by atoms with Crippen LogP contribution >= 0.6 is 12.4 Å². The van der Waals surface area contributed by atoms with Gasteiger partial charge >= 0.3 is 0 Å². The molecule has 2 rings (SSSR count). The minimum Gasteiger partial charge on any atom is -0.339 e. The summed E-state index contributed by atoms with van der Waals surface area (Å²) in [5.41, 5.74) is -0.211. The van der Waals surface area contributed by atoms with Crippen molar-refractivity contribution in [3.63, 3.8) is 0 Å². The molecule has 0 spiro atoms. The first-order chi connectivity index (χ1) is 11.0. The van der Waals surface area contributed by atoms with Gasteiger partial charge in [0.2, 0.25) is 11.8 Å². The molecule has 0 bridgehead atoms. The van der Waals surface area contributed by atoms with E-state index >= 15 is 0 Å². The maximum Gasteiger partial charge on any atom is 0.238 e. The number of nitrogens with one attached hydrogen (secondary N) is 2. The van der Waals surface area contributed by atoms with Crippen LogP contribution in [0.5, 0.6) is 0 Å². The van der Waals surface area contributed by atoms with Crippen LogP contribution in [0.3, 0.4) is 0 Å². The summed E-state index contributed by atoms with van der Waals surface area (Å²) in [5, 5.41) is 5.46. The molecule has 1 aliphatic rings. The maximum absolute atomic E-state index is 13.5. The molecule has 0 atom stereocenters. The van der Waals surface area contributed by atoms with Crippen LogP contribution in [0.25, 0.3) is 0 Å². The molecule has 9 heteroatoms. The van der Waals surface area contributed by atoms with Gasteiger partial charge in [0.25, 0.3) is 0 Å². The molecule has 1 aromatic rings. The van der Waals surface area contributed by atoms with Gasteiger partial charge in [-0.05, 0) is 19.2 Å². The SMILES string of the molecule is CN(CC(=O)Nc1cc(F)ccc1F)CC(=O)N1CCNCC1.Cl. The highest BCUT2D eigenvalue weighted by atomic mass is 35.5. The zero-order valence-corrected chi connectivity index (χ0v) is 14.2. The highest BCUT2D eigenvalue weighted by Gasteiger charge is 2.19. The van der Waals surface area contributed by atoms with E-state index in [9.17, 15) is 18.4 Å². The number of anilines is 1. The molecule has 0 aromatic heterocycles. The number of likely N-dealkylation sites (N-methyl/N-ethyl adjacent to an activating group) is 1. The number of amides is 2. The Morgan fingerprint density at radius 1 is 1.25 bits per heavy atom. The third kappa shape index (κ3) is 6.03. The summed E-state index contributed by atoms with van der Waals surface area (Å²) in [6, 6.07) is 2.84. The van der Waals surface area contributed by atoms with Crippen molar-refractivity contribution < 1.29 is 18.4 Å². The Hall–Kier alpha value is -1.77. The fourth-order valence-electron chi connectivity index (χ4n) is 2.33. The molecule has 0 unspecified atom stereocenters. The molecule has 0 radical (unpaired) electrons. The molecule has 2 amide bonds. The second-order valence-electron chi connectivity index (χ2n) is 5.48.